The molecule has 0 fully saturated rings. The van der Waals surface area contributed by atoms with E-state index in [1.807, 2.05) is 19.0 Å². The van der Waals surface area contributed by atoms with Crippen molar-refractivity contribution in [2.24, 2.45) is 0 Å². The van der Waals surface area contributed by atoms with Crippen molar-refractivity contribution in [3.05, 3.63) is 35.0 Å². The summed E-state index contributed by atoms with van der Waals surface area (Å²) in [6.45, 7) is 3.05. The van der Waals surface area contributed by atoms with Crippen LogP contribution in [-0.2, 0) is 13.0 Å². The van der Waals surface area contributed by atoms with Crippen LogP contribution in [0, 0.1) is 13.8 Å². The number of hydrogen-bond acceptors (Lipinski definition) is 3. The fraction of sp³-hybridized carbons (Fsp3) is 0.471. The molecule has 7 heteroatoms. The molecule has 1 heterocycles. The lowest BCUT2D eigenvalue weighted by Gasteiger charge is -2.14. The summed E-state index contributed by atoms with van der Waals surface area (Å²) in [5.74, 6) is 0.150. The Morgan fingerprint density at radius 3 is 2.46 bits per heavy atom. The van der Waals surface area contributed by atoms with Gasteiger partial charge in [0.15, 0.2) is 0 Å². The average molecular weight is 341 g/mol. The standard InChI is InChI=1S/C17H22F3N3O/c1-11-12(2)21-23(10-17(18,19)20)16(11)14-5-6-15(24)13(9-14)7-8-22(3)4/h5-6,9,24H,7-8,10H2,1-4H3. The molecule has 24 heavy (non-hydrogen) atoms. The van der Waals surface area contributed by atoms with Crippen molar-refractivity contribution < 1.29 is 18.3 Å². The largest absolute Gasteiger partial charge is 0.508 e. The number of halogens is 3. The molecule has 0 spiro atoms. The minimum atomic E-state index is -4.34. The van der Waals surface area contributed by atoms with Gasteiger partial charge in [-0.2, -0.15) is 18.3 Å². The molecule has 1 aromatic heterocycles. The molecule has 0 aliphatic carbocycles. The molecule has 0 unspecified atom stereocenters. The Morgan fingerprint density at radius 2 is 1.88 bits per heavy atom. The zero-order valence-electron chi connectivity index (χ0n) is 14.3. The number of alkyl halides is 3. The Balaban J connectivity index is 2.46. The first-order valence-electron chi connectivity index (χ1n) is 7.66. The molecule has 2 rings (SSSR count). The minimum Gasteiger partial charge on any atom is -0.508 e. The zero-order valence-corrected chi connectivity index (χ0v) is 14.3. The van der Waals surface area contributed by atoms with Gasteiger partial charge in [0.25, 0.3) is 0 Å². The van der Waals surface area contributed by atoms with Crippen molar-refractivity contribution in [3.8, 4) is 17.0 Å². The number of rotatable bonds is 5. The van der Waals surface area contributed by atoms with Crippen molar-refractivity contribution in [1.29, 1.82) is 0 Å². The predicted octanol–water partition coefficient (Wildman–Crippen LogP) is 3.54. The number of benzene rings is 1. The van der Waals surface area contributed by atoms with Gasteiger partial charge in [-0.05, 0) is 63.7 Å². The second kappa shape index (κ2) is 6.84. The Kier molecular flexibility index (Phi) is 5.22. The van der Waals surface area contributed by atoms with Crippen LogP contribution in [0.2, 0.25) is 0 Å². The smallest absolute Gasteiger partial charge is 0.408 e. The first-order chi connectivity index (χ1) is 11.1. The number of phenolic OH excluding ortho intramolecular Hbond substituents is 1. The molecule has 0 saturated heterocycles. The van der Waals surface area contributed by atoms with Crippen molar-refractivity contribution in [2.75, 3.05) is 20.6 Å². The van der Waals surface area contributed by atoms with E-state index >= 15 is 0 Å². The monoisotopic (exact) mass is 341 g/mol. The second-order valence-corrected chi connectivity index (χ2v) is 6.23. The molecule has 0 aliphatic heterocycles. The van der Waals surface area contributed by atoms with Gasteiger partial charge in [-0.25, -0.2) is 0 Å². The maximum absolute atomic E-state index is 12.8. The van der Waals surface area contributed by atoms with E-state index < -0.39 is 12.7 Å². The third kappa shape index (κ3) is 4.29. The number of hydrogen-bond donors (Lipinski definition) is 1. The van der Waals surface area contributed by atoms with Gasteiger partial charge in [-0.1, -0.05) is 0 Å². The Hall–Kier alpha value is -2.02. The maximum Gasteiger partial charge on any atom is 0.408 e. The van der Waals surface area contributed by atoms with Gasteiger partial charge >= 0.3 is 6.18 Å². The van der Waals surface area contributed by atoms with Crippen LogP contribution < -0.4 is 0 Å². The molecule has 0 amide bonds. The van der Waals surface area contributed by atoms with Crippen LogP contribution in [0.15, 0.2) is 18.2 Å². The first kappa shape index (κ1) is 18.3. The molecule has 0 aliphatic rings. The van der Waals surface area contributed by atoms with Crippen LogP contribution in [0.1, 0.15) is 16.8 Å². The van der Waals surface area contributed by atoms with Crippen LogP contribution in [0.3, 0.4) is 0 Å². The molecule has 0 radical (unpaired) electrons. The van der Waals surface area contributed by atoms with Crippen molar-refractivity contribution in [1.82, 2.24) is 14.7 Å². The molecular formula is C17H22F3N3O. The van der Waals surface area contributed by atoms with Crippen LogP contribution in [0.4, 0.5) is 13.2 Å². The molecule has 2 aromatic rings. The Labute approximate surface area is 139 Å². The van der Waals surface area contributed by atoms with Gasteiger partial charge in [0.05, 0.1) is 11.4 Å². The third-order valence-corrected chi connectivity index (χ3v) is 3.94. The molecule has 132 valence electrons. The molecule has 0 bridgehead atoms. The fourth-order valence-electron chi connectivity index (χ4n) is 2.60. The van der Waals surface area contributed by atoms with Crippen LogP contribution in [0.25, 0.3) is 11.3 Å². The quantitative estimate of drug-likeness (QED) is 0.904. The average Bonchev–Trinajstić information content (AvgIpc) is 2.71. The molecule has 1 N–H and O–H groups in total. The van der Waals surface area contributed by atoms with Gasteiger partial charge < -0.3 is 10.0 Å². The lowest BCUT2D eigenvalue weighted by Crippen LogP contribution is -2.19. The van der Waals surface area contributed by atoms with Crippen LogP contribution in [-0.4, -0.2) is 46.6 Å². The normalized spacial score (nSPS) is 12.2. The minimum absolute atomic E-state index is 0.150. The van der Waals surface area contributed by atoms with Crippen molar-refractivity contribution in [3.63, 3.8) is 0 Å². The highest BCUT2D eigenvalue weighted by Crippen LogP contribution is 2.31. The number of aromatic hydroxyl groups is 1. The first-order valence-corrected chi connectivity index (χ1v) is 7.66. The zero-order chi connectivity index (χ0) is 18.1. The summed E-state index contributed by atoms with van der Waals surface area (Å²) < 4.78 is 39.5. The lowest BCUT2D eigenvalue weighted by atomic mass is 10.0. The van der Waals surface area contributed by atoms with E-state index in [4.69, 9.17) is 0 Å². The Bertz CT molecular complexity index is 721. The van der Waals surface area contributed by atoms with E-state index in [2.05, 4.69) is 5.10 Å². The highest BCUT2D eigenvalue weighted by atomic mass is 19.4. The van der Waals surface area contributed by atoms with E-state index in [9.17, 15) is 18.3 Å². The van der Waals surface area contributed by atoms with Crippen LogP contribution in [0.5, 0.6) is 5.75 Å². The summed E-state index contributed by atoms with van der Waals surface area (Å²) in [4.78, 5) is 1.98. The Morgan fingerprint density at radius 1 is 1.21 bits per heavy atom. The van der Waals surface area contributed by atoms with Gasteiger partial charge in [-0.3, -0.25) is 4.68 Å². The number of likely N-dealkylation sites (N-methyl/N-ethyl adjacent to an activating group) is 1. The van der Waals surface area contributed by atoms with E-state index in [0.717, 1.165) is 11.2 Å². The number of aromatic nitrogens is 2. The highest BCUT2D eigenvalue weighted by Gasteiger charge is 2.30. The summed E-state index contributed by atoms with van der Waals surface area (Å²) in [7, 11) is 3.85. The summed E-state index contributed by atoms with van der Waals surface area (Å²) in [6.07, 6.45) is -3.73. The molecule has 0 atom stereocenters. The number of nitrogens with zero attached hydrogens (tertiary/aromatic N) is 3. The summed E-state index contributed by atoms with van der Waals surface area (Å²) >= 11 is 0. The van der Waals surface area contributed by atoms with Crippen molar-refractivity contribution >= 4 is 0 Å². The summed E-state index contributed by atoms with van der Waals surface area (Å²) in [5.41, 5.74) is 3.05. The molecular weight excluding hydrogens is 319 g/mol. The lowest BCUT2D eigenvalue weighted by molar-refractivity contribution is -0.142. The predicted molar refractivity (Wildman–Crippen MR) is 87.1 cm³/mol. The third-order valence-electron chi connectivity index (χ3n) is 3.94. The topological polar surface area (TPSA) is 41.3 Å². The van der Waals surface area contributed by atoms with E-state index in [1.54, 1.807) is 26.0 Å². The fourth-order valence-corrected chi connectivity index (χ4v) is 2.60. The number of phenols is 1. The van der Waals surface area contributed by atoms with E-state index in [0.29, 0.717) is 34.5 Å². The van der Waals surface area contributed by atoms with Gasteiger partial charge in [-0.15, -0.1) is 0 Å². The van der Waals surface area contributed by atoms with E-state index in [1.165, 1.54) is 6.07 Å². The van der Waals surface area contributed by atoms with Gasteiger partial charge in [0, 0.05) is 12.1 Å². The SMILES string of the molecule is Cc1nn(CC(F)(F)F)c(-c2ccc(O)c(CCN(C)C)c2)c1C. The molecule has 1 aromatic carbocycles. The van der Waals surface area contributed by atoms with Crippen LogP contribution >= 0.6 is 0 Å². The van der Waals surface area contributed by atoms with E-state index in [-0.39, 0.29) is 5.75 Å². The summed E-state index contributed by atoms with van der Waals surface area (Å²) in [5, 5.41) is 14.0. The molecule has 0 saturated carbocycles. The highest BCUT2D eigenvalue weighted by molar-refractivity contribution is 5.66. The van der Waals surface area contributed by atoms with Crippen molar-refractivity contribution in [2.45, 2.75) is 33.0 Å². The second-order valence-electron chi connectivity index (χ2n) is 6.23. The maximum atomic E-state index is 12.8. The number of aryl methyl sites for hydroxylation is 1. The van der Waals surface area contributed by atoms with Gasteiger partial charge in [0.2, 0.25) is 0 Å². The summed E-state index contributed by atoms with van der Waals surface area (Å²) in [6, 6.07) is 4.90. The molecule has 4 nitrogen and oxygen atoms in total. The van der Waals surface area contributed by atoms with Gasteiger partial charge in [0.1, 0.15) is 12.3 Å².